The van der Waals surface area contributed by atoms with Crippen molar-refractivity contribution in [2.45, 2.75) is 32.4 Å². The van der Waals surface area contributed by atoms with Crippen LogP contribution < -0.4 is 10.1 Å². The molecule has 4 rings (SSSR count). The van der Waals surface area contributed by atoms with Gasteiger partial charge in [-0.15, -0.1) is 5.10 Å². The molecule has 4 heterocycles. The van der Waals surface area contributed by atoms with E-state index in [-0.39, 0.29) is 18.5 Å². The number of aliphatic hydroxyl groups excluding tert-OH is 1. The van der Waals surface area contributed by atoms with Crippen LogP contribution in [0.1, 0.15) is 20.3 Å². The highest BCUT2D eigenvalue weighted by molar-refractivity contribution is 7.88. The highest BCUT2D eigenvalue weighted by atomic mass is 32.2. The second kappa shape index (κ2) is 8.44. The molecule has 3 aromatic heterocycles. The third-order valence-electron chi connectivity index (χ3n) is 5.66. The predicted molar refractivity (Wildman–Crippen MR) is 115 cm³/mol. The minimum Gasteiger partial charge on any atom is -0.489 e. The molecule has 0 aliphatic carbocycles. The van der Waals surface area contributed by atoms with Crippen LogP contribution in [0.5, 0.6) is 5.75 Å². The number of β-amino-alcohol motifs (C(OH)–C–C–N with tert-alkyl or cyclic N) is 1. The highest BCUT2D eigenvalue weighted by Crippen LogP contribution is 2.33. The van der Waals surface area contributed by atoms with Crippen molar-refractivity contribution in [1.29, 1.82) is 0 Å². The Morgan fingerprint density at radius 2 is 2.23 bits per heavy atom. The molecule has 3 aromatic rings. The predicted octanol–water partition coefficient (Wildman–Crippen LogP) is 0.961. The topological polar surface area (TPSA) is 138 Å². The second-order valence-electron chi connectivity index (χ2n) is 7.77. The SMILES string of the molecule is CCOc1c(-c2cn[nH]c2)ccn2nc(N[C@H]3CCN(S(C)(=O)=O)C[C@H](O)[C@H]3C)nc12. The molecule has 0 amide bonds. The minimum atomic E-state index is -3.37. The van der Waals surface area contributed by atoms with E-state index in [0.29, 0.717) is 36.9 Å². The lowest BCUT2D eigenvalue weighted by atomic mass is 9.95. The lowest BCUT2D eigenvalue weighted by Crippen LogP contribution is -2.38. The van der Waals surface area contributed by atoms with E-state index in [1.165, 1.54) is 4.31 Å². The van der Waals surface area contributed by atoms with Gasteiger partial charge in [-0.05, 0) is 19.4 Å². The number of pyridine rings is 1. The Kier molecular flexibility index (Phi) is 5.86. The van der Waals surface area contributed by atoms with Crippen molar-refractivity contribution in [2.75, 3.05) is 31.3 Å². The summed E-state index contributed by atoms with van der Waals surface area (Å²) in [5.41, 5.74) is 2.29. The summed E-state index contributed by atoms with van der Waals surface area (Å²) in [4.78, 5) is 4.63. The first-order chi connectivity index (χ1) is 14.8. The Morgan fingerprint density at radius 1 is 1.42 bits per heavy atom. The monoisotopic (exact) mass is 449 g/mol. The smallest absolute Gasteiger partial charge is 0.243 e. The van der Waals surface area contributed by atoms with Crippen molar-refractivity contribution in [3.05, 3.63) is 24.7 Å². The molecule has 1 saturated heterocycles. The first-order valence-corrected chi connectivity index (χ1v) is 12.0. The van der Waals surface area contributed by atoms with Crippen molar-refractivity contribution in [1.82, 2.24) is 29.1 Å². The van der Waals surface area contributed by atoms with Crippen LogP contribution in [0.25, 0.3) is 16.8 Å². The van der Waals surface area contributed by atoms with Crippen molar-refractivity contribution < 1.29 is 18.3 Å². The molecule has 3 atom stereocenters. The van der Waals surface area contributed by atoms with E-state index in [1.807, 2.05) is 19.9 Å². The first-order valence-electron chi connectivity index (χ1n) is 10.2. The molecule has 31 heavy (non-hydrogen) atoms. The van der Waals surface area contributed by atoms with Gasteiger partial charge in [-0.1, -0.05) is 6.92 Å². The third-order valence-corrected chi connectivity index (χ3v) is 6.93. The van der Waals surface area contributed by atoms with Crippen LogP contribution in [0.4, 0.5) is 5.95 Å². The molecule has 0 aromatic carbocycles. The number of ether oxygens (including phenoxy) is 1. The maximum absolute atomic E-state index is 11.9. The Balaban J connectivity index is 1.63. The van der Waals surface area contributed by atoms with Gasteiger partial charge in [0.2, 0.25) is 16.0 Å². The largest absolute Gasteiger partial charge is 0.489 e. The zero-order valence-electron chi connectivity index (χ0n) is 17.7. The maximum Gasteiger partial charge on any atom is 0.243 e. The fourth-order valence-electron chi connectivity index (χ4n) is 3.85. The number of sulfonamides is 1. The molecule has 1 aliphatic heterocycles. The number of aromatic amines is 1. The second-order valence-corrected chi connectivity index (χ2v) is 9.75. The number of aliphatic hydroxyl groups is 1. The molecule has 0 saturated carbocycles. The molecule has 11 nitrogen and oxygen atoms in total. The molecule has 0 radical (unpaired) electrons. The molecule has 0 unspecified atom stereocenters. The Labute approximate surface area is 180 Å². The van der Waals surface area contributed by atoms with Gasteiger partial charge in [0.15, 0.2) is 11.4 Å². The fraction of sp³-hybridized carbons (Fsp3) is 0.526. The number of aromatic nitrogens is 5. The van der Waals surface area contributed by atoms with Crippen LogP contribution in [0.2, 0.25) is 0 Å². The number of hydrogen-bond donors (Lipinski definition) is 3. The Hall–Kier alpha value is -2.70. The van der Waals surface area contributed by atoms with Gasteiger partial charge in [0.1, 0.15) is 0 Å². The zero-order chi connectivity index (χ0) is 22.2. The first kappa shape index (κ1) is 21.5. The number of nitrogens with one attached hydrogen (secondary N) is 2. The summed E-state index contributed by atoms with van der Waals surface area (Å²) < 4.78 is 32.7. The lowest BCUT2D eigenvalue weighted by molar-refractivity contribution is 0.102. The summed E-state index contributed by atoms with van der Waals surface area (Å²) in [5.74, 6) is 0.803. The van der Waals surface area contributed by atoms with Crippen LogP contribution in [0.3, 0.4) is 0 Å². The van der Waals surface area contributed by atoms with E-state index in [4.69, 9.17) is 4.74 Å². The van der Waals surface area contributed by atoms with Crippen molar-refractivity contribution in [2.24, 2.45) is 5.92 Å². The number of fused-ring (bicyclic) bond motifs is 1. The molecule has 0 spiro atoms. The van der Waals surface area contributed by atoms with Crippen molar-refractivity contribution >= 4 is 21.6 Å². The molecule has 0 bridgehead atoms. The molecular weight excluding hydrogens is 422 g/mol. The van der Waals surface area contributed by atoms with Crippen LogP contribution in [-0.2, 0) is 10.0 Å². The standard InChI is InChI=1S/C19H27N7O4S/c1-4-30-17-14(13-9-20-21-10-13)5-8-26-18(17)23-19(24-26)22-15-6-7-25(31(3,28)29)11-16(27)12(15)2/h5,8-10,12,15-16,27H,4,6-7,11H2,1-3H3,(H,20,21)(H,22,24)/t12-,15-,16-/m0/s1. The third kappa shape index (κ3) is 4.36. The van der Waals surface area contributed by atoms with Gasteiger partial charge in [0.25, 0.3) is 0 Å². The quantitative estimate of drug-likeness (QED) is 0.506. The van der Waals surface area contributed by atoms with E-state index >= 15 is 0 Å². The fourth-order valence-corrected chi connectivity index (χ4v) is 4.71. The van der Waals surface area contributed by atoms with E-state index in [2.05, 4.69) is 25.6 Å². The molecular formula is C19H27N7O4S. The van der Waals surface area contributed by atoms with Gasteiger partial charge in [0, 0.05) is 48.6 Å². The van der Waals surface area contributed by atoms with E-state index in [1.54, 1.807) is 23.1 Å². The zero-order valence-corrected chi connectivity index (χ0v) is 18.5. The van der Waals surface area contributed by atoms with Crippen molar-refractivity contribution in [3.8, 4) is 16.9 Å². The molecule has 3 N–H and O–H groups in total. The normalized spacial score (nSPS) is 23.0. The Morgan fingerprint density at radius 3 is 2.90 bits per heavy atom. The van der Waals surface area contributed by atoms with E-state index in [0.717, 1.165) is 17.4 Å². The van der Waals surface area contributed by atoms with Crippen molar-refractivity contribution in [3.63, 3.8) is 0 Å². The van der Waals surface area contributed by atoms with Gasteiger partial charge in [-0.25, -0.2) is 12.9 Å². The van der Waals surface area contributed by atoms with E-state index < -0.39 is 16.1 Å². The summed E-state index contributed by atoms with van der Waals surface area (Å²) in [6.07, 6.45) is 6.19. The average molecular weight is 450 g/mol. The van der Waals surface area contributed by atoms with Crippen LogP contribution in [-0.4, -0.2) is 80.7 Å². The highest BCUT2D eigenvalue weighted by Gasteiger charge is 2.33. The summed E-state index contributed by atoms with van der Waals surface area (Å²) in [6.45, 7) is 4.67. The Bertz CT molecular complexity index is 1150. The molecule has 1 fully saturated rings. The lowest BCUT2D eigenvalue weighted by Gasteiger charge is -2.25. The van der Waals surface area contributed by atoms with Gasteiger partial charge in [0.05, 0.1) is 25.2 Å². The van der Waals surface area contributed by atoms with Gasteiger partial charge in [-0.2, -0.15) is 14.4 Å². The van der Waals surface area contributed by atoms with Crippen LogP contribution >= 0.6 is 0 Å². The number of hydrogen-bond acceptors (Lipinski definition) is 8. The van der Waals surface area contributed by atoms with Gasteiger partial charge < -0.3 is 15.2 Å². The number of anilines is 1. The maximum atomic E-state index is 11.9. The van der Waals surface area contributed by atoms with E-state index in [9.17, 15) is 13.5 Å². The number of rotatable bonds is 6. The molecule has 1 aliphatic rings. The number of H-pyrrole nitrogens is 1. The van der Waals surface area contributed by atoms with Crippen LogP contribution in [0.15, 0.2) is 24.7 Å². The minimum absolute atomic E-state index is 0.0827. The summed E-state index contributed by atoms with van der Waals surface area (Å²) >= 11 is 0. The summed E-state index contributed by atoms with van der Waals surface area (Å²) in [6, 6.07) is 1.70. The molecule has 168 valence electrons. The van der Waals surface area contributed by atoms with Crippen LogP contribution in [0, 0.1) is 5.92 Å². The molecule has 12 heteroatoms. The van der Waals surface area contributed by atoms with Gasteiger partial charge in [-0.3, -0.25) is 5.10 Å². The van der Waals surface area contributed by atoms with Gasteiger partial charge >= 0.3 is 0 Å². The average Bonchev–Trinajstić information content (AvgIpc) is 3.35. The number of nitrogens with zero attached hydrogens (tertiary/aromatic N) is 5. The summed E-state index contributed by atoms with van der Waals surface area (Å²) in [5, 5.41) is 25.1. The summed E-state index contributed by atoms with van der Waals surface area (Å²) in [7, 11) is -3.37.